The molecule has 7 heteroatoms. The first-order chi connectivity index (χ1) is 36.7. The Hall–Kier alpha value is -10.1. The summed E-state index contributed by atoms with van der Waals surface area (Å²) in [6.45, 7) is 0. The second-order valence-corrected chi connectivity index (χ2v) is 18.4. The fourth-order valence-corrected chi connectivity index (χ4v) is 10.6. The standard InChI is InChI=1S/C67H42N6O/c1-6-20-43(21-7-1)50-31-18-32-51(44-22-8-2-9-23-44)62(50)47-36-37-57(68-41-47)48-38-56(67-71-65(45-24-10-3-11-25-45)70-66(72-67)46-26-12-4-13-27-46)64(69-42-48)53-33-19-35-60-63(53)55-39-54-52-30-16-17-34-58(52)73(49-28-14-5-15-29-49)59(54)40-61(55)74-60/h1-42H. The third-order valence-corrected chi connectivity index (χ3v) is 14.0. The number of hydrogen-bond donors (Lipinski definition) is 0. The Bertz CT molecular complexity index is 4270. The van der Waals surface area contributed by atoms with Gasteiger partial charge in [0.2, 0.25) is 0 Å². The van der Waals surface area contributed by atoms with Crippen LogP contribution < -0.4 is 0 Å². The van der Waals surface area contributed by atoms with E-state index in [1.165, 1.54) is 0 Å². The first-order valence-corrected chi connectivity index (χ1v) is 24.7. The lowest BCUT2D eigenvalue weighted by Gasteiger charge is -2.17. The molecule has 0 unspecified atom stereocenters. The number of benzene rings is 9. The van der Waals surface area contributed by atoms with Crippen molar-refractivity contribution in [3.05, 3.63) is 255 Å². The highest BCUT2D eigenvalue weighted by Crippen LogP contribution is 2.45. The summed E-state index contributed by atoms with van der Waals surface area (Å²) in [5.41, 5.74) is 17.2. The first kappa shape index (κ1) is 42.7. The minimum absolute atomic E-state index is 0.487. The van der Waals surface area contributed by atoms with Gasteiger partial charge in [-0.15, -0.1) is 0 Å². The minimum atomic E-state index is 0.487. The van der Waals surface area contributed by atoms with Gasteiger partial charge in [-0.05, 0) is 70.3 Å². The quantitative estimate of drug-likeness (QED) is 0.143. The van der Waals surface area contributed by atoms with Crippen LogP contribution in [-0.4, -0.2) is 29.5 Å². The molecule has 7 nitrogen and oxygen atoms in total. The number of rotatable bonds is 9. The zero-order valence-electron chi connectivity index (χ0n) is 39.8. The van der Waals surface area contributed by atoms with Gasteiger partial charge in [0.1, 0.15) is 11.2 Å². The first-order valence-electron chi connectivity index (χ1n) is 24.7. The van der Waals surface area contributed by atoms with Gasteiger partial charge in [0, 0.05) is 79.1 Å². The second kappa shape index (κ2) is 17.9. The third kappa shape index (κ3) is 7.42. The summed E-state index contributed by atoms with van der Waals surface area (Å²) in [7, 11) is 0. The van der Waals surface area contributed by atoms with Crippen molar-refractivity contribution < 1.29 is 4.42 Å². The van der Waals surface area contributed by atoms with E-state index in [0.29, 0.717) is 23.2 Å². The zero-order chi connectivity index (χ0) is 49.0. The van der Waals surface area contributed by atoms with Crippen molar-refractivity contribution in [3.63, 3.8) is 0 Å². The van der Waals surface area contributed by atoms with Gasteiger partial charge >= 0.3 is 0 Å². The lowest BCUT2D eigenvalue weighted by molar-refractivity contribution is 0.669. The van der Waals surface area contributed by atoms with Crippen molar-refractivity contribution >= 4 is 43.7 Å². The monoisotopic (exact) mass is 946 g/mol. The fraction of sp³-hybridized carbons (Fsp3) is 0. The molecule has 0 aliphatic heterocycles. The van der Waals surface area contributed by atoms with Crippen molar-refractivity contribution in [2.75, 3.05) is 0 Å². The molecule has 0 saturated carbocycles. The van der Waals surface area contributed by atoms with Crippen LogP contribution in [0.1, 0.15) is 0 Å². The summed E-state index contributed by atoms with van der Waals surface area (Å²) in [6.07, 6.45) is 3.90. The Morgan fingerprint density at radius 3 is 1.51 bits per heavy atom. The predicted molar refractivity (Wildman–Crippen MR) is 301 cm³/mol. The average molecular weight is 947 g/mol. The fourth-order valence-electron chi connectivity index (χ4n) is 10.6. The highest BCUT2D eigenvalue weighted by Gasteiger charge is 2.24. The van der Waals surface area contributed by atoms with Gasteiger partial charge in [-0.3, -0.25) is 9.97 Å². The molecule has 14 rings (SSSR count). The largest absolute Gasteiger partial charge is 0.456 e. The van der Waals surface area contributed by atoms with Crippen molar-refractivity contribution in [2.45, 2.75) is 0 Å². The molecule has 14 aromatic rings. The maximum absolute atomic E-state index is 6.83. The van der Waals surface area contributed by atoms with Gasteiger partial charge in [-0.25, -0.2) is 15.0 Å². The Labute approximate surface area is 426 Å². The number of fused-ring (bicyclic) bond motifs is 6. The van der Waals surface area contributed by atoms with Gasteiger partial charge in [-0.2, -0.15) is 0 Å². The van der Waals surface area contributed by atoms with Crippen molar-refractivity contribution in [3.8, 4) is 95.7 Å². The van der Waals surface area contributed by atoms with Crippen LogP contribution in [0.3, 0.4) is 0 Å². The molecule has 0 atom stereocenters. The summed E-state index contributed by atoms with van der Waals surface area (Å²) < 4.78 is 9.15. The van der Waals surface area contributed by atoms with E-state index >= 15 is 0 Å². The third-order valence-electron chi connectivity index (χ3n) is 14.0. The van der Waals surface area contributed by atoms with Crippen LogP contribution in [-0.2, 0) is 0 Å². The van der Waals surface area contributed by atoms with E-state index in [0.717, 1.165) is 116 Å². The average Bonchev–Trinajstić information content (AvgIpc) is 4.02. The van der Waals surface area contributed by atoms with E-state index in [4.69, 9.17) is 29.3 Å². The molecule has 0 aliphatic carbocycles. The Morgan fingerprint density at radius 1 is 0.324 bits per heavy atom. The number of furan rings is 1. The van der Waals surface area contributed by atoms with Crippen LogP contribution in [0.5, 0.6) is 0 Å². The highest BCUT2D eigenvalue weighted by atomic mass is 16.3. The van der Waals surface area contributed by atoms with E-state index in [2.05, 4.69) is 168 Å². The van der Waals surface area contributed by atoms with Crippen LogP contribution in [0.4, 0.5) is 0 Å². The number of nitrogens with zero attached hydrogens (tertiary/aromatic N) is 6. The van der Waals surface area contributed by atoms with Crippen molar-refractivity contribution in [1.82, 2.24) is 29.5 Å². The van der Waals surface area contributed by atoms with Gasteiger partial charge in [0.15, 0.2) is 17.5 Å². The maximum Gasteiger partial charge on any atom is 0.166 e. The topological polar surface area (TPSA) is 82.5 Å². The molecule has 0 bridgehead atoms. The van der Waals surface area contributed by atoms with E-state index in [1.54, 1.807) is 0 Å². The summed E-state index contributed by atoms with van der Waals surface area (Å²) in [5, 5.41) is 4.24. The van der Waals surface area contributed by atoms with E-state index in [9.17, 15) is 0 Å². The highest BCUT2D eigenvalue weighted by molar-refractivity contribution is 6.20. The van der Waals surface area contributed by atoms with Gasteiger partial charge in [0.05, 0.1) is 22.4 Å². The number of aromatic nitrogens is 6. The smallest absolute Gasteiger partial charge is 0.166 e. The lowest BCUT2D eigenvalue weighted by atomic mass is 9.88. The van der Waals surface area contributed by atoms with Gasteiger partial charge < -0.3 is 8.98 Å². The molecule has 74 heavy (non-hydrogen) atoms. The second-order valence-electron chi connectivity index (χ2n) is 18.4. The SMILES string of the molecule is c1ccc(-c2nc(-c3ccccc3)nc(-c3cc(-c4ccc(-c5c(-c6ccccc6)cccc5-c5ccccc5)cn4)cnc3-c3cccc4oc5cc6c(cc5c34)c3ccccc3n6-c3ccccc3)n2)cc1. The molecule has 0 radical (unpaired) electrons. The molecular formula is C67H42N6O. The molecule has 346 valence electrons. The minimum Gasteiger partial charge on any atom is -0.456 e. The predicted octanol–water partition coefficient (Wildman–Crippen LogP) is 17.0. The summed E-state index contributed by atoms with van der Waals surface area (Å²) in [5.74, 6) is 1.61. The maximum atomic E-state index is 6.83. The summed E-state index contributed by atoms with van der Waals surface area (Å²) in [6, 6.07) is 83.9. The summed E-state index contributed by atoms with van der Waals surface area (Å²) >= 11 is 0. The van der Waals surface area contributed by atoms with Crippen LogP contribution in [0, 0.1) is 0 Å². The van der Waals surface area contributed by atoms with Crippen LogP contribution >= 0.6 is 0 Å². The molecule has 0 N–H and O–H groups in total. The molecular weight excluding hydrogens is 905 g/mol. The van der Waals surface area contributed by atoms with Crippen LogP contribution in [0.2, 0.25) is 0 Å². The molecule has 0 spiro atoms. The Kier molecular flexibility index (Phi) is 10.4. The van der Waals surface area contributed by atoms with Crippen molar-refractivity contribution in [1.29, 1.82) is 0 Å². The van der Waals surface area contributed by atoms with Gasteiger partial charge in [-0.1, -0.05) is 194 Å². The van der Waals surface area contributed by atoms with Gasteiger partial charge in [0.25, 0.3) is 0 Å². The van der Waals surface area contributed by atoms with Crippen LogP contribution in [0.15, 0.2) is 259 Å². The lowest BCUT2D eigenvalue weighted by Crippen LogP contribution is -2.02. The molecule has 9 aromatic carbocycles. The molecule has 0 fully saturated rings. The van der Waals surface area contributed by atoms with Crippen LogP contribution in [0.25, 0.3) is 139 Å². The molecule has 0 aliphatic rings. The van der Waals surface area contributed by atoms with Crippen molar-refractivity contribution in [2.24, 2.45) is 0 Å². The number of para-hydroxylation sites is 2. The van der Waals surface area contributed by atoms with E-state index in [-0.39, 0.29) is 0 Å². The normalized spacial score (nSPS) is 11.5. The van der Waals surface area contributed by atoms with E-state index < -0.39 is 0 Å². The number of hydrogen-bond acceptors (Lipinski definition) is 6. The zero-order valence-corrected chi connectivity index (χ0v) is 39.8. The molecule has 0 saturated heterocycles. The number of pyridine rings is 2. The van der Waals surface area contributed by atoms with E-state index in [1.807, 2.05) is 91.3 Å². The molecule has 0 amide bonds. The Morgan fingerprint density at radius 2 is 0.878 bits per heavy atom. The Balaban J connectivity index is 0.981. The molecule has 5 heterocycles. The molecule has 5 aromatic heterocycles. The summed E-state index contributed by atoms with van der Waals surface area (Å²) in [4.78, 5) is 26.2.